The van der Waals surface area contributed by atoms with Gasteiger partial charge in [-0.1, -0.05) is 166 Å². The maximum atomic E-state index is 12.7. The fourth-order valence-electron chi connectivity index (χ4n) is 7.53. The standard InChI is InChI=1S/C49H79N3O3.Ca/c1-4-7-10-13-16-19-22-41-25-28-47(53)44(35-41)38-50-31-33-52(40-46-37-43(27-30-49(46)55)24-21-18-15-12-9-6-3)34-32-51-39-45-36-42(26-29-48(45)54)23-20-17-14-11-8-5-2;/h25-30,35-37,50-51,53-55H,4-24,31-34,38-40H2,1-3H3;/q;+2/p-2. The molecular formula is C49H77CaN3O3. The fraction of sp³-hybridized carbons (Fsp3) is 0.633. The minimum atomic E-state index is 0. The van der Waals surface area contributed by atoms with Crippen molar-refractivity contribution in [3.05, 3.63) is 88.0 Å². The zero-order valence-corrected chi connectivity index (χ0v) is 38.1. The van der Waals surface area contributed by atoms with Crippen molar-refractivity contribution < 1.29 is 15.3 Å². The Bertz CT molecular complexity index is 1360. The number of aromatic hydroxyl groups is 1. The molecule has 3 aromatic carbocycles. The predicted octanol–water partition coefficient (Wildman–Crippen LogP) is 10.2. The molecule has 0 unspecified atom stereocenters. The Balaban J connectivity index is 0.0000108. The molecule has 0 radical (unpaired) electrons. The molecule has 0 bridgehead atoms. The maximum Gasteiger partial charge on any atom is 2.00 e. The molecule has 56 heavy (non-hydrogen) atoms. The molecule has 3 aromatic rings. The van der Waals surface area contributed by atoms with E-state index < -0.39 is 0 Å². The minimum absolute atomic E-state index is 0. The molecule has 3 N–H and O–H groups in total. The van der Waals surface area contributed by atoms with Crippen LogP contribution in [0.25, 0.3) is 0 Å². The molecule has 0 heterocycles. The molecule has 0 saturated carbocycles. The number of hydrogen-bond donors (Lipinski definition) is 3. The van der Waals surface area contributed by atoms with Gasteiger partial charge in [0.25, 0.3) is 0 Å². The van der Waals surface area contributed by atoms with Crippen LogP contribution < -0.4 is 20.8 Å². The van der Waals surface area contributed by atoms with E-state index in [4.69, 9.17) is 0 Å². The van der Waals surface area contributed by atoms with Crippen molar-refractivity contribution in [2.45, 2.75) is 175 Å². The van der Waals surface area contributed by atoms with Crippen molar-refractivity contribution in [1.82, 2.24) is 15.5 Å². The van der Waals surface area contributed by atoms with Crippen LogP contribution in [-0.2, 0) is 38.9 Å². The van der Waals surface area contributed by atoms with Gasteiger partial charge in [-0.25, -0.2) is 0 Å². The molecule has 0 aliphatic heterocycles. The van der Waals surface area contributed by atoms with Gasteiger partial charge in [-0.15, -0.1) is 11.5 Å². The summed E-state index contributed by atoms with van der Waals surface area (Å²) in [7, 11) is 0. The summed E-state index contributed by atoms with van der Waals surface area (Å²) in [5, 5.41) is 43.5. The average Bonchev–Trinajstić information content (AvgIpc) is 3.19. The molecule has 0 aliphatic rings. The van der Waals surface area contributed by atoms with Crippen molar-refractivity contribution in [2.24, 2.45) is 0 Å². The molecule has 0 saturated heterocycles. The van der Waals surface area contributed by atoms with E-state index in [1.807, 2.05) is 18.2 Å². The normalized spacial score (nSPS) is 11.4. The number of hydrogen-bond acceptors (Lipinski definition) is 6. The second-order valence-electron chi connectivity index (χ2n) is 16.0. The molecule has 0 aromatic heterocycles. The van der Waals surface area contributed by atoms with Crippen LogP contribution in [0.4, 0.5) is 0 Å². The van der Waals surface area contributed by atoms with Gasteiger partial charge in [0.05, 0.1) is 0 Å². The molecule has 0 aliphatic carbocycles. The quantitative estimate of drug-likeness (QED) is 0.0420. The monoisotopic (exact) mass is 796 g/mol. The number of rotatable bonds is 33. The van der Waals surface area contributed by atoms with E-state index >= 15 is 0 Å². The molecule has 0 atom stereocenters. The molecule has 3 rings (SSSR count). The number of phenolic OH excluding ortho intramolecular Hbond substituents is 1. The number of phenols is 1. The zero-order valence-electron chi connectivity index (χ0n) is 35.9. The van der Waals surface area contributed by atoms with Crippen molar-refractivity contribution >= 4 is 37.7 Å². The van der Waals surface area contributed by atoms with E-state index in [0.717, 1.165) is 62.1 Å². The van der Waals surface area contributed by atoms with Crippen molar-refractivity contribution in [1.29, 1.82) is 0 Å². The molecule has 0 spiro atoms. The third kappa shape index (κ3) is 21.8. The summed E-state index contributed by atoms with van der Waals surface area (Å²) in [6.07, 6.45) is 25.9. The van der Waals surface area contributed by atoms with E-state index in [9.17, 15) is 15.3 Å². The summed E-state index contributed by atoms with van der Waals surface area (Å²) >= 11 is 0. The first-order valence-electron chi connectivity index (χ1n) is 22.5. The summed E-state index contributed by atoms with van der Waals surface area (Å²) < 4.78 is 0. The van der Waals surface area contributed by atoms with Gasteiger partial charge in [0.1, 0.15) is 5.75 Å². The van der Waals surface area contributed by atoms with E-state index in [0.29, 0.717) is 25.4 Å². The van der Waals surface area contributed by atoms with E-state index in [1.54, 1.807) is 12.1 Å². The minimum Gasteiger partial charge on any atom is -0.872 e. The Morgan fingerprint density at radius 2 is 0.839 bits per heavy atom. The van der Waals surface area contributed by atoms with Crippen LogP contribution in [0.1, 0.15) is 170 Å². The van der Waals surface area contributed by atoms with E-state index in [-0.39, 0.29) is 49.2 Å². The van der Waals surface area contributed by atoms with E-state index in [2.05, 4.69) is 60.6 Å². The Hall–Kier alpha value is -1.80. The third-order valence-electron chi connectivity index (χ3n) is 11.1. The largest absolute Gasteiger partial charge is 2.00 e. The van der Waals surface area contributed by atoms with Gasteiger partial charge in [0, 0.05) is 51.4 Å². The molecule has 308 valence electrons. The number of unbranched alkanes of at least 4 members (excludes halogenated alkanes) is 15. The smallest absolute Gasteiger partial charge is 0.872 e. The van der Waals surface area contributed by atoms with Gasteiger partial charge in [0.2, 0.25) is 0 Å². The third-order valence-corrected chi connectivity index (χ3v) is 11.1. The first-order chi connectivity index (χ1) is 26.9. The molecular weight excluding hydrogens is 719 g/mol. The molecule has 0 fully saturated rings. The number of benzene rings is 3. The Morgan fingerprint density at radius 1 is 0.482 bits per heavy atom. The molecule has 7 heteroatoms. The number of nitrogens with zero attached hydrogens (tertiary/aromatic N) is 1. The zero-order chi connectivity index (χ0) is 39.4. The Morgan fingerprint density at radius 3 is 1.25 bits per heavy atom. The van der Waals surface area contributed by atoms with Crippen LogP contribution in [0, 0.1) is 0 Å². The van der Waals surface area contributed by atoms with Crippen LogP contribution >= 0.6 is 0 Å². The Kier molecular flexibility index (Phi) is 28.9. The predicted molar refractivity (Wildman–Crippen MR) is 236 cm³/mol. The SMILES string of the molecule is CCCCCCCCc1ccc([O-])c(CNCCN(CCNCc2cc(CCCCCCCC)ccc2[O-])Cc2cc(CCCCCCCC)ccc2O)c1.[Ca+2]. The first kappa shape index (κ1) is 50.3. The average molecular weight is 796 g/mol. The first-order valence-corrected chi connectivity index (χ1v) is 22.5. The summed E-state index contributed by atoms with van der Waals surface area (Å²) in [6.45, 7) is 11.5. The number of aryl methyl sites for hydroxylation is 3. The van der Waals surface area contributed by atoms with E-state index in [1.165, 1.54) is 132 Å². The topological polar surface area (TPSA) is 93.7 Å². The van der Waals surface area contributed by atoms with Crippen LogP contribution in [0.15, 0.2) is 54.6 Å². The summed E-state index contributed by atoms with van der Waals surface area (Å²) in [6, 6.07) is 17.8. The summed E-state index contributed by atoms with van der Waals surface area (Å²) in [5.74, 6) is 0.538. The van der Waals surface area contributed by atoms with Crippen LogP contribution in [0.2, 0.25) is 0 Å². The van der Waals surface area contributed by atoms with Gasteiger partial charge < -0.3 is 26.0 Å². The number of nitrogens with one attached hydrogen (secondary N) is 2. The molecule has 0 amide bonds. The van der Waals surface area contributed by atoms with Crippen molar-refractivity contribution in [3.63, 3.8) is 0 Å². The maximum absolute atomic E-state index is 12.7. The second kappa shape index (κ2) is 32.1. The fourth-order valence-corrected chi connectivity index (χ4v) is 7.53. The van der Waals surface area contributed by atoms with Crippen LogP contribution in [-0.4, -0.2) is 73.9 Å². The van der Waals surface area contributed by atoms with Gasteiger partial charge in [0.15, 0.2) is 0 Å². The molecule has 6 nitrogen and oxygen atoms in total. The summed E-state index contributed by atoms with van der Waals surface area (Å²) in [5.41, 5.74) is 6.42. The van der Waals surface area contributed by atoms with Gasteiger partial charge in [-0.05, 0) is 72.4 Å². The van der Waals surface area contributed by atoms with Crippen molar-refractivity contribution in [3.8, 4) is 17.2 Å². The van der Waals surface area contributed by atoms with Crippen LogP contribution in [0.3, 0.4) is 0 Å². The van der Waals surface area contributed by atoms with Crippen molar-refractivity contribution in [2.75, 3.05) is 26.2 Å². The van der Waals surface area contributed by atoms with Gasteiger partial charge in [-0.3, -0.25) is 4.90 Å². The Labute approximate surface area is 372 Å². The summed E-state index contributed by atoms with van der Waals surface area (Å²) in [4.78, 5) is 2.36. The van der Waals surface area contributed by atoms with Gasteiger partial charge in [-0.2, -0.15) is 0 Å². The van der Waals surface area contributed by atoms with Gasteiger partial charge >= 0.3 is 37.7 Å². The van der Waals surface area contributed by atoms with Crippen LogP contribution in [0.5, 0.6) is 17.2 Å². The second-order valence-corrected chi connectivity index (χ2v) is 16.0.